The fourth-order valence-electron chi connectivity index (χ4n) is 1.41. The van der Waals surface area contributed by atoms with E-state index in [4.69, 9.17) is 16.7 Å². The number of halogens is 3. The van der Waals surface area contributed by atoms with Gasteiger partial charge in [0.15, 0.2) is 5.82 Å². The molecule has 2 aromatic carbocycles. The van der Waals surface area contributed by atoms with Gasteiger partial charge in [0.05, 0.1) is 10.0 Å². The maximum Gasteiger partial charge on any atom is 0.336 e. The Kier molecular flexibility index (Phi) is 4.50. The molecule has 0 spiro atoms. The Hall–Kier alpha value is -1.04. The summed E-state index contributed by atoms with van der Waals surface area (Å²) >= 11 is 9.94. The Labute approximate surface area is 126 Å². The number of carboxylic acids is 1. The topological polar surface area (TPSA) is 37.3 Å². The number of rotatable bonds is 3. The van der Waals surface area contributed by atoms with E-state index in [1.165, 1.54) is 23.9 Å². The van der Waals surface area contributed by atoms with Gasteiger partial charge in [-0.05, 0) is 52.3 Å². The maximum absolute atomic E-state index is 14.0. The second-order valence-electron chi connectivity index (χ2n) is 3.60. The molecular formula is C13H7BrClFO2S. The van der Waals surface area contributed by atoms with Crippen molar-refractivity contribution in [3.05, 3.63) is 57.3 Å². The molecule has 0 aliphatic rings. The van der Waals surface area contributed by atoms with Crippen molar-refractivity contribution >= 4 is 45.3 Å². The molecule has 0 aliphatic heterocycles. The molecule has 0 aromatic heterocycles. The van der Waals surface area contributed by atoms with E-state index in [9.17, 15) is 9.18 Å². The largest absolute Gasteiger partial charge is 0.478 e. The minimum atomic E-state index is -1.17. The Morgan fingerprint density at radius 3 is 2.42 bits per heavy atom. The first kappa shape index (κ1) is 14.4. The molecule has 2 rings (SSSR count). The molecular weight excluding hydrogens is 355 g/mol. The van der Waals surface area contributed by atoms with E-state index in [1.807, 2.05) is 0 Å². The van der Waals surface area contributed by atoms with Crippen molar-refractivity contribution in [3.8, 4) is 0 Å². The third-order valence-electron chi connectivity index (χ3n) is 2.32. The molecule has 0 bridgehead atoms. The summed E-state index contributed by atoms with van der Waals surface area (Å²) in [6.07, 6.45) is 0. The number of carboxylic acid groups (broad SMARTS) is 1. The molecule has 6 heteroatoms. The highest BCUT2D eigenvalue weighted by atomic mass is 79.9. The summed E-state index contributed by atoms with van der Waals surface area (Å²) in [6.45, 7) is 0. The molecule has 2 aromatic rings. The predicted octanol–water partition coefficient (Wildman–Crippen LogP) is 5.09. The third-order valence-corrected chi connectivity index (χ3v) is 4.39. The van der Waals surface area contributed by atoms with Gasteiger partial charge in [0.25, 0.3) is 0 Å². The first-order valence-corrected chi connectivity index (χ1v) is 7.12. The van der Waals surface area contributed by atoms with Crippen molar-refractivity contribution in [2.45, 2.75) is 9.79 Å². The van der Waals surface area contributed by atoms with Gasteiger partial charge in [-0.25, -0.2) is 9.18 Å². The molecule has 0 heterocycles. The zero-order valence-electron chi connectivity index (χ0n) is 9.36. The standard InChI is InChI=1S/C13H7BrClFO2S/c14-11-9(13(17)18)5-6-10(12(11)16)19-8-3-1-7(15)2-4-8/h1-6H,(H,17,18). The van der Waals surface area contributed by atoms with E-state index < -0.39 is 11.8 Å². The second-order valence-corrected chi connectivity index (χ2v) is 5.95. The summed E-state index contributed by atoms with van der Waals surface area (Å²) in [5.41, 5.74) is -0.0991. The van der Waals surface area contributed by atoms with Crippen molar-refractivity contribution in [1.82, 2.24) is 0 Å². The summed E-state index contributed by atoms with van der Waals surface area (Å²) in [4.78, 5) is 12.0. The molecule has 0 fully saturated rings. The van der Waals surface area contributed by atoms with Crippen LogP contribution in [0, 0.1) is 5.82 Å². The molecule has 0 unspecified atom stereocenters. The molecule has 0 radical (unpaired) electrons. The highest BCUT2D eigenvalue weighted by Gasteiger charge is 2.16. The van der Waals surface area contributed by atoms with Crippen LogP contribution in [-0.4, -0.2) is 11.1 Å². The van der Waals surface area contributed by atoms with E-state index in [-0.39, 0.29) is 10.0 Å². The highest BCUT2D eigenvalue weighted by Crippen LogP contribution is 2.34. The predicted molar refractivity (Wildman–Crippen MR) is 76.6 cm³/mol. The van der Waals surface area contributed by atoms with Crippen molar-refractivity contribution in [3.63, 3.8) is 0 Å². The zero-order chi connectivity index (χ0) is 14.0. The fourth-order valence-corrected chi connectivity index (χ4v) is 3.03. The lowest BCUT2D eigenvalue weighted by molar-refractivity contribution is 0.0695. The molecule has 0 aliphatic carbocycles. The van der Waals surface area contributed by atoms with Crippen LogP contribution in [0.2, 0.25) is 5.02 Å². The average Bonchev–Trinajstić information content (AvgIpc) is 2.37. The van der Waals surface area contributed by atoms with E-state index in [2.05, 4.69) is 15.9 Å². The van der Waals surface area contributed by atoms with E-state index >= 15 is 0 Å². The van der Waals surface area contributed by atoms with Crippen LogP contribution < -0.4 is 0 Å². The van der Waals surface area contributed by atoms with Gasteiger partial charge >= 0.3 is 5.97 Å². The summed E-state index contributed by atoms with van der Waals surface area (Å²) in [6, 6.07) is 9.78. The summed E-state index contributed by atoms with van der Waals surface area (Å²) in [5, 5.41) is 9.49. The molecule has 0 saturated carbocycles. The number of aromatic carboxylic acids is 1. The number of benzene rings is 2. The second kappa shape index (κ2) is 5.94. The van der Waals surface area contributed by atoms with Crippen LogP contribution in [0.25, 0.3) is 0 Å². The minimum absolute atomic E-state index is 0.0426. The van der Waals surface area contributed by atoms with Crippen molar-refractivity contribution in [1.29, 1.82) is 0 Å². The molecule has 0 amide bonds. The number of hydrogen-bond acceptors (Lipinski definition) is 2. The Bertz CT molecular complexity index is 631. The van der Waals surface area contributed by atoms with Crippen molar-refractivity contribution in [2.75, 3.05) is 0 Å². The first-order valence-electron chi connectivity index (χ1n) is 5.13. The van der Waals surface area contributed by atoms with Gasteiger partial charge in [-0.3, -0.25) is 0 Å². The van der Waals surface area contributed by atoms with Gasteiger partial charge in [-0.15, -0.1) is 0 Å². The van der Waals surface area contributed by atoms with E-state index in [0.29, 0.717) is 9.92 Å². The van der Waals surface area contributed by atoms with Crippen LogP contribution in [0.5, 0.6) is 0 Å². The van der Waals surface area contributed by atoms with Crippen LogP contribution in [0.1, 0.15) is 10.4 Å². The van der Waals surface area contributed by atoms with Gasteiger partial charge in [0.1, 0.15) is 0 Å². The average molecular weight is 362 g/mol. The van der Waals surface area contributed by atoms with Gasteiger partial charge in [0.2, 0.25) is 0 Å². The van der Waals surface area contributed by atoms with Crippen molar-refractivity contribution < 1.29 is 14.3 Å². The third kappa shape index (κ3) is 3.29. The fraction of sp³-hybridized carbons (Fsp3) is 0. The molecule has 19 heavy (non-hydrogen) atoms. The lowest BCUT2D eigenvalue weighted by Gasteiger charge is -2.07. The lowest BCUT2D eigenvalue weighted by atomic mass is 10.2. The molecule has 98 valence electrons. The quantitative estimate of drug-likeness (QED) is 0.827. The van der Waals surface area contributed by atoms with Crippen molar-refractivity contribution in [2.24, 2.45) is 0 Å². The summed E-state index contributed by atoms with van der Waals surface area (Å²) in [5.74, 6) is -1.76. The van der Waals surface area contributed by atoms with Crippen LogP contribution in [0.15, 0.2) is 50.7 Å². The minimum Gasteiger partial charge on any atom is -0.478 e. The summed E-state index contributed by atoms with van der Waals surface area (Å²) < 4.78 is 14.0. The SMILES string of the molecule is O=C(O)c1ccc(Sc2ccc(Cl)cc2)c(F)c1Br. The van der Waals surface area contributed by atoms with Gasteiger partial charge < -0.3 is 5.11 Å². The smallest absolute Gasteiger partial charge is 0.336 e. The Balaban J connectivity index is 2.34. The lowest BCUT2D eigenvalue weighted by Crippen LogP contribution is -2.00. The Morgan fingerprint density at radius 1 is 1.21 bits per heavy atom. The maximum atomic E-state index is 14.0. The molecule has 2 nitrogen and oxygen atoms in total. The van der Waals surface area contributed by atoms with Crippen LogP contribution in [0.3, 0.4) is 0 Å². The van der Waals surface area contributed by atoms with E-state index in [1.54, 1.807) is 24.3 Å². The number of carbonyl (C=O) groups is 1. The molecule has 0 saturated heterocycles. The van der Waals surface area contributed by atoms with Gasteiger partial charge in [0, 0.05) is 14.8 Å². The van der Waals surface area contributed by atoms with Gasteiger partial charge in [-0.2, -0.15) is 0 Å². The number of hydrogen-bond donors (Lipinski definition) is 1. The summed E-state index contributed by atoms with van der Waals surface area (Å²) in [7, 11) is 0. The monoisotopic (exact) mass is 360 g/mol. The van der Waals surface area contributed by atoms with E-state index in [0.717, 1.165) is 4.90 Å². The van der Waals surface area contributed by atoms with Crippen LogP contribution in [-0.2, 0) is 0 Å². The highest BCUT2D eigenvalue weighted by molar-refractivity contribution is 9.10. The van der Waals surface area contributed by atoms with Crippen LogP contribution >= 0.6 is 39.3 Å². The first-order chi connectivity index (χ1) is 8.99. The normalized spacial score (nSPS) is 10.5. The van der Waals surface area contributed by atoms with Crippen LogP contribution in [0.4, 0.5) is 4.39 Å². The molecule has 1 N–H and O–H groups in total. The molecule has 0 atom stereocenters. The zero-order valence-corrected chi connectivity index (χ0v) is 12.5. The van der Waals surface area contributed by atoms with Gasteiger partial charge in [-0.1, -0.05) is 23.4 Å². The Morgan fingerprint density at radius 2 is 1.84 bits per heavy atom.